The summed E-state index contributed by atoms with van der Waals surface area (Å²) in [6.45, 7) is 1.81. The largest absolute Gasteiger partial charge is 0.493 e. The number of aromatic nitrogens is 1. The van der Waals surface area contributed by atoms with Gasteiger partial charge in [-0.15, -0.1) is 0 Å². The maximum atomic E-state index is 14.0. The minimum absolute atomic E-state index is 0.00866. The van der Waals surface area contributed by atoms with E-state index < -0.39 is 17.7 Å². The van der Waals surface area contributed by atoms with Gasteiger partial charge in [0.15, 0.2) is 17.3 Å². The van der Waals surface area contributed by atoms with Crippen molar-refractivity contribution in [2.45, 2.75) is 13.0 Å². The van der Waals surface area contributed by atoms with E-state index in [0.717, 1.165) is 11.8 Å². The van der Waals surface area contributed by atoms with Gasteiger partial charge >= 0.3 is 5.97 Å². The molecule has 206 valence electrons. The highest BCUT2D eigenvalue weighted by Crippen LogP contribution is 2.41. The number of esters is 1. The van der Waals surface area contributed by atoms with Crippen LogP contribution in [-0.4, -0.2) is 38.2 Å². The molecule has 3 aromatic carbocycles. The maximum absolute atomic E-state index is 14.0. The number of nitrogens with zero attached hydrogens (tertiary/aromatic N) is 1. The third-order valence-electron chi connectivity index (χ3n) is 6.08. The molecular formula is C30H28FN3O6. The Bertz CT molecular complexity index is 1530. The van der Waals surface area contributed by atoms with Crippen molar-refractivity contribution in [1.29, 1.82) is 0 Å². The molecular weight excluding hydrogens is 517 g/mol. The third-order valence-corrected chi connectivity index (χ3v) is 6.08. The molecule has 10 heteroatoms. The first-order chi connectivity index (χ1) is 19.2. The van der Waals surface area contributed by atoms with Crippen LogP contribution in [0.25, 0.3) is 11.1 Å². The number of nitrogens with two attached hydrogens (primary N) is 1. The first-order valence-electron chi connectivity index (χ1n) is 12.2. The van der Waals surface area contributed by atoms with Gasteiger partial charge < -0.3 is 30.0 Å². The number of hydrogen-bond acceptors (Lipinski definition) is 8. The van der Waals surface area contributed by atoms with Crippen LogP contribution in [0.1, 0.15) is 39.2 Å². The summed E-state index contributed by atoms with van der Waals surface area (Å²) in [6, 6.07) is 15.8. The second-order valence-electron chi connectivity index (χ2n) is 8.73. The van der Waals surface area contributed by atoms with Crippen molar-refractivity contribution in [1.82, 2.24) is 4.98 Å². The molecule has 4 aromatic rings. The first kappa shape index (κ1) is 28.1. The average Bonchev–Trinajstić information content (AvgIpc) is 2.97. The van der Waals surface area contributed by atoms with Crippen LogP contribution < -0.4 is 30.0 Å². The number of amides is 1. The molecule has 1 amide bonds. The number of halogens is 1. The quantitative estimate of drug-likeness (QED) is 0.212. The fourth-order valence-electron chi connectivity index (χ4n) is 4.11. The number of pyridine rings is 1. The van der Waals surface area contributed by atoms with Crippen molar-refractivity contribution < 1.29 is 32.9 Å². The molecule has 1 heterocycles. The second kappa shape index (κ2) is 12.3. The van der Waals surface area contributed by atoms with Crippen LogP contribution in [0.2, 0.25) is 0 Å². The molecule has 0 aliphatic carbocycles. The lowest BCUT2D eigenvalue weighted by Gasteiger charge is -2.16. The normalized spacial score (nSPS) is 11.3. The molecule has 1 aromatic heterocycles. The van der Waals surface area contributed by atoms with Gasteiger partial charge in [-0.05, 0) is 53.9 Å². The molecule has 0 saturated carbocycles. The van der Waals surface area contributed by atoms with Gasteiger partial charge in [0.2, 0.25) is 5.75 Å². The van der Waals surface area contributed by atoms with E-state index in [4.69, 9.17) is 24.7 Å². The molecule has 9 nitrogen and oxygen atoms in total. The average molecular weight is 546 g/mol. The summed E-state index contributed by atoms with van der Waals surface area (Å²) >= 11 is 0. The zero-order valence-electron chi connectivity index (χ0n) is 22.4. The van der Waals surface area contributed by atoms with Crippen molar-refractivity contribution in [2.24, 2.45) is 5.73 Å². The first-order valence-corrected chi connectivity index (χ1v) is 12.2. The number of rotatable bonds is 9. The molecule has 4 rings (SSSR count). The standard InChI is InChI=1S/C30H28FN3O6/c1-17(32)22-9-8-19(29(35)34-25-10-11-33-16-24(25)31)13-23(22)18-6-5-7-20(12-18)30(36)40-21-14-26(37-2)28(39-4)27(15-21)38-3/h5-17H,32H2,1-4H3,(H,33,34,35). The van der Waals surface area contributed by atoms with E-state index in [1.54, 1.807) is 42.5 Å². The molecule has 0 aliphatic rings. The molecule has 0 radical (unpaired) electrons. The molecule has 3 N–H and O–H groups in total. The fourth-order valence-corrected chi connectivity index (χ4v) is 4.11. The van der Waals surface area contributed by atoms with Gasteiger partial charge in [-0.1, -0.05) is 18.2 Å². The summed E-state index contributed by atoms with van der Waals surface area (Å²) in [5, 5.41) is 2.55. The van der Waals surface area contributed by atoms with E-state index in [1.165, 1.54) is 45.7 Å². The molecule has 40 heavy (non-hydrogen) atoms. The molecule has 0 bridgehead atoms. The zero-order valence-corrected chi connectivity index (χ0v) is 22.4. The lowest BCUT2D eigenvalue weighted by Crippen LogP contribution is -2.14. The van der Waals surface area contributed by atoms with Gasteiger partial charge in [-0.3, -0.25) is 9.78 Å². The van der Waals surface area contributed by atoms with Crippen LogP contribution in [-0.2, 0) is 0 Å². The maximum Gasteiger partial charge on any atom is 0.343 e. The Morgan fingerprint density at radius 2 is 1.65 bits per heavy atom. The zero-order chi connectivity index (χ0) is 28.8. The van der Waals surface area contributed by atoms with Crippen LogP contribution in [0.3, 0.4) is 0 Å². The molecule has 1 unspecified atom stereocenters. The lowest BCUT2D eigenvalue weighted by atomic mass is 9.92. The Labute approximate surface area is 230 Å². The number of anilines is 1. The van der Waals surface area contributed by atoms with Gasteiger partial charge in [-0.25, -0.2) is 9.18 Å². The van der Waals surface area contributed by atoms with Crippen LogP contribution in [0, 0.1) is 5.82 Å². The number of hydrogen-bond donors (Lipinski definition) is 2. The van der Waals surface area contributed by atoms with Crippen molar-refractivity contribution in [3.63, 3.8) is 0 Å². The van der Waals surface area contributed by atoms with Crippen molar-refractivity contribution in [3.05, 3.63) is 95.6 Å². The number of benzene rings is 3. The summed E-state index contributed by atoms with van der Waals surface area (Å²) in [5.74, 6) is -0.555. The predicted molar refractivity (Wildman–Crippen MR) is 148 cm³/mol. The molecule has 0 spiro atoms. The number of carbonyl (C=O) groups is 2. The molecule has 1 atom stereocenters. The van der Waals surface area contributed by atoms with Crippen LogP contribution in [0.4, 0.5) is 10.1 Å². The van der Waals surface area contributed by atoms with E-state index in [0.29, 0.717) is 28.4 Å². The van der Waals surface area contributed by atoms with Gasteiger partial charge in [0.05, 0.1) is 38.8 Å². The van der Waals surface area contributed by atoms with Crippen LogP contribution >= 0.6 is 0 Å². The molecule has 0 aliphatic heterocycles. The summed E-state index contributed by atoms with van der Waals surface area (Å²) in [5.41, 5.74) is 8.79. The van der Waals surface area contributed by atoms with E-state index in [1.807, 2.05) is 6.92 Å². The minimum Gasteiger partial charge on any atom is -0.493 e. The Kier molecular flexibility index (Phi) is 8.60. The second-order valence-corrected chi connectivity index (χ2v) is 8.73. The minimum atomic E-state index is -0.651. The third kappa shape index (κ3) is 6.02. The van der Waals surface area contributed by atoms with Crippen molar-refractivity contribution in [3.8, 4) is 34.1 Å². The predicted octanol–water partition coefficient (Wildman–Crippen LogP) is 5.40. The fraction of sp³-hybridized carbons (Fsp3) is 0.167. The van der Waals surface area contributed by atoms with E-state index in [2.05, 4.69) is 10.3 Å². The molecule has 0 saturated heterocycles. The Hall–Kier alpha value is -4.96. The highest BCUT2D eigenvalue weighted by molar-refractivity contribution is 6.05. The summed E-state index contributed by atoms with van der Waals surface area (Å²) in [4.78, 5) is 29.7. The number of ether oxygens (including phenoxy) is 4. The van der Waals surface area contributed by atoms with Gasteiger partial charge in [0.1, 0.15) is 5.75 Å². The number of nitrogens with one attached hydrogen (secondary N) is 1. The topological polar surface area (TPSA) is 122 Å². The monoisotopic (exact) mass is 545 g/mol. The Morgan fingerprint density at radius 1 is 0.925 bits per heavy atom. The Balaban J connectivity index is 1.65. The van der Waals surface area contributed by atoms with E-state index in [-0.39, 0.29) is 28.6 Å². The van der Waals surface area contributed by atoms with Crippen molar-refractivity contribution in [2.75, 3.05) is 26.6 Å². The van der Waals surface area contributed by atoms with Crippen LogP contribution in [0.5, 0.6) is 23.0 Å². The van der Waals surface area contributed by atoms with Gasteiger partial charge in [0.25, 0.3) is 5.91 Å². The Morgan fingerprint density at radius 3 is 2.27 bits per heavy atom. The van der Waals surface area contributed by atoms with Crippen molar-refractivity contribution >= 4 is 17.6 Å². The van der Waals surface area contributed by atoms with Gasteiger partial charge in [-0.2, -0.15) is 0 Å². The summed E-state index contributed by atoms with van der Waals surface area (Å²) < 4.78 is 35.6. The van der Waals surface area contributed by atoms with Crippen LogP contribution in [0.15, 0.2) is 73.1 Å². The highest BCUT2D eigenvalue weighted by atomic mass is 19.1. The smallest absolute Gasteiger partial charge is 0.343 e. The lowest BCUT2D eigenvalue weighted by molar-refractivity contribution is 0.0733. The summed E-state index contributed by atoms with van der Waals surface area (Å²) in [7, 11) is 4.40. The number of carbonyl (C=O) groups excluding carboxylic acids is 2. The van der Waals surface area contributed by atoms with E-state index >= 15 is 0 Å². The summed E-state index contributed by atoms with van der Waals surface area (Å²) in [6.07, 6.45) is 2.40. The van der Waals surface area contributed by atoms with E-state index in [9.17, 15) is 14.0 Å². The SMILES string of the molecule is COc1cc(OC(=O)c2cccc(-c3cc(C(=O)Nc4ccncc4F)ccc3C(C)N)c2)cc(OC)c1OC. The van der Waals surface area contributed by atoms with Gasteiger partial charge in [0, 0.05) is 29.9 Å². The molecule has 0 fully saturated rings. The number of methoxy groups -OCH3 is 3. The highest BCUT2D eigenvalue weighted by Gasteiger charge is 2.19.